The van der Waals surface area contributed by atoms with Crippen LogP contribution in [0.1, 0.15) is 44.7 Å². The molecule has 0 spiro atoms. The van der Waals surface area contributed by atoms with Crippen LogP contribution in [-0.2, 0) is 6.42 Å². The summed E-state index contributed by atoms with van der Waals surface area (Å²) in [5.41, 5.74) is 11.4. The summed E-state index contributed by atoms with van der Waals surface area (Å²) in [4.78, 5) is 0. The van der Waals surface area contributed by atoms with E-state index in [4.69, 9.17) is 7.16 Å². The van der Waals surface area contributed by atoms with Gasteiger partial charge < -0.3 is 4.42 Å². The summed E-state index contributed by atoms with van der Waals surface area (Å²) in [6.45, 7) is 0. The average molecular weight is 709 g/mol. The van der Waals surface area contributed by atoms with Crippen molar-refractivity contribution in [3.05, 3.63) is 228 Å². The summed E-state index contributed by atoms with van der Waals surface area (Å²) in [6.07, 6.45) is 0.732. The number of fused-ring (bicyclic) bond motifs is 8. The van der Waals surface area contributed by atoms with Crippen LogP contribution in [0.2, 0.25) is 0 Å². The highest BCUT2D eigenvalue weighted by atomic mass is 16.3. The first-order valence-corrected chi connectivity index (χ1v) is 18.5. The molecule has 0 radical (unpaired) electrons. The molecule has 1 nitrogen and oxygen atoms in total. The third kappa shape index (κ3) is 5.31. The van der Waals surface area contributed by atoms with Crippen LogP contribution >= 0.6 is 0 Å². The first-order valence-electron chi connectivity index (χ1n) is 22.5. The lowest BCUT2D eigenvalue weighted by Crippen LogP contribution is -2.05. The fourth-order valence-electron chi connectivity index (χ4n) is 8.43. The first-order chi connectivity index (χ1) is 30.6. The Morgan fingerprint density at radius 1 is 0.455 bits per heavy atom. The Balaban J connectivity index is 1.26. The highest BCUT2D eigenvalue weighted by Gasteiger charge is 2.26. The van der Waals surface area contributed by atoms with Gasteiger partial charge in [0.2, 0.25) is 0 Å². The molecule has 55 heavy (non-hydrogen) atoms. The van der Waals surface area contributed by atoms with Gasteiger partial charge in [0.1, 0.15) is 11.2 Å². The van der Waals surface area contributed by atoms with E-state index in [1.165, 1.54) is 11.1 Å². The summed E-state index contributed by atoms with van der Waals surface area (Å²) < 4.78 is 81.3. The second-order valence-electron chi connectivity index (χ2n) is 14.2. The summed E-state index contributed by atoms with van der Waals surface area (Å²) in [6, 6.07) is 47.8. The average Bonchev–Trinajstić information content (AvgIpc) is 3.91. The van der Waals surface area contributed by atoms with Gasteiger partial charge in [-0.1, -0.05) is 182 Å². The van der Waals surface area contributed by atoms with Crippen LogP contribution in [-0.4, -0.2) is 0 Å². The smallest absolute Gasteiger partial charge is 0.143 e. The van der Waals surface area contributed by atoms with Gasteiger partial charge in [-0.15, -0.1) is 0 Å². The Morgan fingerprint density at radius 3 is 1.93 bits per heavy atom. The summed E-state index contributed by atoms with van der Waals surface area (Å²) in [7, 11) is 0. The number of rotatable bonds is 6. The SMILES string of the molecule is [2H]c1c([2H])c(C(c2ccc(-c3ccccc3)cc2)c2ccc3c(c2)Cc2ccccc2-3)c2c(oc3c4c([2H])c([2H])c([2H])c([2H])c4c(-c4cccc(-c5ccccc5)c4)c([2H])c32)c1[2H]. The first kappa shape index (κ1) is 24.4. The molecule has 1 heteroatoms. The molecule has 0 aliphatic heterocycles. The number of benzene rings is 9. The van der Waals surface area contributed by atoms with E-state index in [2.05, 4.69) is 42.5 Å². The van der Waals surface area contributed by atoms with Crippen LogP contribution in [0.4, 0.5) is 0 Å². The molecule has 1 heterocycles. The van der Waals surface area contributed by atoms with Gasteiger partial charge in [0.05, 0.1) is 11.0 Å². The van der Waals surface area contributed by atoms with Crippen molar-refractivity contribution in [3.63, 3.8) is 0 Å². The van der Waals surface area contributed by atoms with Crippen molar-refractivity contribution >= 4 is 32.7 Å². The molecule has 0 saturated carbocycles. The lowest BCUT2D eigenvalue weighted by atomic mass is 9.81. The number of hydrogen-bond acceptors (Lipinski definition) is 1. The third-order valence-corrected chi connectivity index (χ3v) is 11.0. The largest absolute Gasteiger partial charge is 0.455 e. The van der Waals surface area contributed by atoms with Gasteiger partial charge >= 0.3 is 0 Å². The molecule has 0 N–H and O–H groups in total. The van der Waals surface area contributed by atoms with E-state index in [1.54, 1.807) is 0 Å². The molecule has 11 rings (SSSR count). The van der Waals surface area contributed by atoms with E-state index in [9.17, 15) is 8.22 Å². The molecule has 1 aliphatic rings. The van der Waals surface area contributed by atoms with Crippen LogP contribution in [0.5, 0.6) is 0 Å². The van der Waals surface area contributed by atoms with Crippen molar-refractivity contribution in [1.29, 1.82) is 0 Å². The van der Waals surface area contributed by atoms with Gasteiger partial charge in [-0.3, -0.25) is 0 Å². The Kier molecular flexibility index (Phi) is 5.70. The Labute approximate surface area is 332 Å². The fourth-order valence-corrected chi connectivity index (χ4v) is 8.43. The topological polar surface area (TPSA) is 13.1 Å². The summed E-state index contributed by atoms with van der Waals surface area (Å²) >= 11 is 0. The predicted molar refractivity (Wildman–Crippen MR) is 230 cm³/mol. The standard InChI is InChI=1S/C54H36O/c1-3-13-35(14-4-1)37-25-27-38(28-26-37)52(42-29-30-45-43(33-42)32-40-17-7-8-20-44(40)45)48-23-12-24-51-53(48)50-34-49(46-21-9-10-22-47(46)54(50)55-51)41-19-11-18-39(31-41)36-15-5-2-6-16-36/h1-31,33-34,52H,32H2/i9D,10D,12D,21D,22D,23D,24D,34D. The Morgan fingerprint density at radius 2 is 1.11 bits per heavy atom. The summed E-state index contributed by atoms with van der Waals surface area (Å²) in [5.74, 6) is -0.672. The molecular formula is C54H36O. The van der Waals surface area contributed by atoms with E-state index in [0.717, 1.165) is 50.9 Å². The predicted octanol–water partition coefficient (Wildman–Crippen LogP) is 14.5. The lowest BCUT2D eigenvalue weighted by Gasteiger charge is -2.21. The molecule has 0 fully saturated rings. The number of hydrogen-bond donors (Lipinski definition) is 0. The van der Waals surface area contributed by atoms with Gasteiger partial charge in [-0.25, -0.2) is 0 Å². The second-order valence-corrected chi connectivity index (χ2v) is 14.2. The minimum Gasteiger partial charge on any atom is -0.455 e. The second kappa shape index (κ2) is 12.9. The van der Waals surface area contributed by atoms with E-state index in [0.29, 0.717) is 16.5 Å². The highest BCUT2D eigenvalue weighted by Crippen LogP contribution is 2.46. The molecule has 9 aromatic carbocycles. The Hall–Kier alpha value is -6.96. The maximum atomic E-state index is 10.2. The molecular weight excluding hydrogens is 665 g/mol. The van der Waals surface area contributed by atoms with Crippen LogP contribution in [0.3, 0.4) is 0 Å². The third-order valence-electron chi connectivity index (χ3n) is 11.0. The van der Waals surface area contributed by atoms with E-state index < -0.39 is 18.0 Å². The van der Waals surface area contributed by atoms with Crippen LogP contribution in [0.25, 0.3) is 77.2 Å². The van der Waals surface area contributed by atoms with Gasteiger partial charge in [-0.05, 0) is 102 Å². The van der Waals surface area contributed by atoms with Crippen molar-refractivity contribution < 1.29 is 15.4 Å². The molecule has 1 aromatic heterocycles. The molecule has 0 bridgehead atoms. The minimum absolute atomic E-state index is 0.0159. The van der Waals surface area contributed by atoms with Crippen LogP contribution in [0, 0.1) is 0 Å². The highest BCUT2D eigenvalue weighted by molar-refractivity contribution is 6.20. The fraction of sp³-hybridized carbons (Fsp3) is 0.0370. The zero-order valence-corrected chi connectivity index (χ0v) is 29.6. The van der Waals surface area contributed by atoms with Gasteiger partial charge in [0.15, 0.2) is 0 Å². The normalized spacial score (nSPS) is 14.6. The zero-order chi connectivity index (χ0) is 43.3. The molecule has 258 valence electrons. The van der Waals surface area contributed by atoms with Crippen molar-refractivity contribution in [1.82, 2.24) is 0 Å². The molecule has 1 aliphatic carbocycles. The van der Waals surface area contributed by atoms with E-state index in [1.807, 2.05) is 109 Å². The van der Waals surface area contributed by atoms with Crippen LogP contribution in [0.15, 0.2) is 204 Å². The number of furan rings is 1. The lowest BCUT2D eigenvalue weighted by molar-refractivity contribution is 0.672. The van der Waals surface area contributed by atoms with Crippen molar-refractivity contribution in [2.45, 2.75) is 12.3 Å². The van der Waals surface area contributed by atoms with E-state index in [-0.39, 0.29) is 69.1 Å². The molecule has 10 aromatic rings. The van der Waals surface area contributed by atoms with Gasteiger partial charge in [-0.2, -0.15) is 0 Å². The van der Waals surface area contributed by atoms with Crippen LogP contribution < -0.4 is 0 Å². The molecule has 0 amide bonds. The molecule has 1 unspecified atom stereocenters. The molecule has 0 saturated heterocycles. The molecule has 1 atom stereocenters. The van der Waals surface area contributed by atoms with Crippen molar-refractivity contribution in [2.75, 3.05) is 0 Å². The van der Waals surface area contributed by atoms with Crippen molar-refractivity contribution in [2.24, 2.45) is 0 Å². The van der Waals surface area contributed by atoms with Gasteiger partial charge in [0, 0.05) is 22.1 Å². The van der Waals surface area contributed by atoms with Gasteiger partial charge in [0.25, 0.3) is 0 Å². The minimum atomic E-state index is -0.672. The Bertz CT molecular complexity index is 3510. The zero-order valence-electron chi connectivity index (χ0n) is 37.6. The maximum Gasteiger partial charge on any atom is 0.143 e. The summed E-state index contributed by atoms with van der Waals surface area (Å²) in [5, 5.41) is 0.723. The van der Waals surface area contributed by atoms with Crippen molar-refractivity contribution in [3.8, 4) is 44.5 Å². The monoisotopic (exact) mass is 708 g/mol. The quantitative estimate of drug-likeness (QED) is 0.157. The maximum absolute atomic E-state index is 10.2. The van der Waals surface area contributed by atoms with E-state index >= 15 is 0 Å².